The minimum atomic E-state index is -1.51. The molecule has 0 fully saturated rings. The molecule has 0 saturated carbocycles. The van der Waals surface area contributed by atoms with Crippen LogP contribution in [-0.2, 0) is 24.0 Å². The molecule has 12 nitrogen and oxygen atoms in total. The van der Waals surface area contributed by atoms with E-state index < -0.39 is 67.4 Å². The van der Waals surface area contributed by atoms with Crippen molar-refractivity contribution in [2.75, 3.05) is 13.2 Å². The molecule has 0 aliphatic carbocycles. The SMILES string of the molecule is CC[C@H](C)[C@H](NC(=O)[C@@H](N)CC(=O)O)C(=O)NCC(=O)N[C@@H](CO)C(=O)O. The van der Waals surface area contributed by atoms with Gasteiger partial charge in [-0.15, -0.1) is 0 Å². The van der Waals surface area contributed by atoms with Gasteiger partial charge in [0.25, 0.3) is 0 Å². The maximum Gasteiger partial charge on any atom is 0.328 e. The predicted octanol–water partition coefficient (Wildman–Crippen LogP) is -3.00. The Bertz CT molecular complexity index is 568. The van der Waals surface area contributed by atoms with Crippen molar-refractivity contribution in [1.29, 1.82) is 0 Å². The van der Waals surface area contributed by atoms with Crippen molar-refractivity contribution < 1.29 is 39.3 Å². The van der Waals surface area contributed by atoms with Crippen LogP contribution in [0.2, 0.25) is 0 Å². The van der Waals surface area contributed by atoms with E-state index in [4.69, 9.17) is 21.1 Å². The molecule has 0 saturated heterocycles. The quantitative estimate of drug-likeness (QED) is 0.181. The summed E-state index contributed by atoms with van der Waals surface area (Å²) in [7, 11) is 0. The van der Waals surface area contributed by atoms with E-state index in [1.807, 2.05) is 5.32 Å². The third kappa shape index (κ3) is 8.96. The zero-order valence-electron chi connectivity index (χ0n) is 15.1. The lowest BCUT2D eigenvalue weighted by Crippen LogP contribution is -2.56. The molecular formula is C15H26N4O8. The highest BCUT2D eigenvalue weighted by Crippen LogP contribution is 2.08. The van der Waals surface area contributed by atoms with Gasteiger partial charge in [0.1, 0.15) is 12.1 Å². The van der Waals surface area contributed by atoms with Crippen LogP contribution in [0, 0.1) is 5.92 Å². The third-order valence-corrected chi connectivity index (χ3v) is 3.76. The molecule has 0 radical (unpaired) electrons. The number of amides is 3. The molecule has 0 aromatic heterocycles. The minimum Gasteiger partial charge on any atom is -0.481 e. The van der Waals surface area contributed by atoms with Crippen LogP contribution < -0.4 is 21.7 Å². The maximum atomic E-state index is 12.3. The number of aliphatic carboxylic acids is 2. The summed E-state index contributed by atoms with van der Waals surface area (Å²) < 4.78 is 0. The average Bonchev–Trinajstić information content (AvgIpc) is 2.60. The highest BCUT2D eigenvalue weighted by molar-refractivity contribution is 5.93. The van der Waals surface area contributed by atoms with Crippen LogP contribution in [0.25, 0.3) is 0 Å². The number of aliphatic hydroxyl groups is 1. The summed E-state index contributed by atoms with van der Waals surface area (Å²) >= 11 is 0. The van der Waals surface area contributed by atoms with Crippen LogP contribution in [0.15, 0.2) is 0 Å². The van der Waals surface area contributed by atoms with E-state index in [0.717, 1.165) is 0 Å². The third-order valence-electron chi connectivity index (χ3n) is 3.76. The normalized spacial score (nSPS) is 15.0. The van der Waals surface area contributed by atoms with E-state index in [2.05, 4.69) is 10.6 Å². The molecule has 12 heteroatoms. The Balaban J connectivity index is 4.84. The summed E-state index contributed by atoms with van der Waals surface area (Å²) in [5.41, 5.74) is 5.46. The number of carbonyl (C=O) groups is 5. The largest absolute Gasteiger partial charge is 0.481 e. The van der Waals surface area contributed by atoms with Crippen LogP contribution in [-0.4, -0.2) is 76.3 Å². The molecule has 4 atom stereocenters. The number of hydrogen-bond acceptors (Lipinski definition) is 7. The van der Waals surface area contributed by atoms with Gasteiger partial charge in [0.15, 0.2) is 0 Å². The molecule has 154 valence electrons. The summed E-state index contributed by atoms with van der Waals surface area (Å²) in [6, 6.07) is -3.91. The molecule has 0 aliphatic rings. The zero-order chi connectivity index (χ0) is 21.1. The first-order chi connectivity index (χ1) is 12.5. The van der Waals surface area contributed by atoms with Crippen molar-refractivity contribution in [3.05, 3.63) is 0 Å². The fraction of sp³-hybridized carbons (Fsp3) is 0.667. The van der Waals surface area contributed by atoms with Gasteiger partial charge >= 0.3 is 11.9 Å². The molecule has 8 N–H and O–H groups in total. The molecule has 0 aliphatic heterocycles. The summed E-state index contributed by atoms with van der Waals surface area (Å²) in [5, 5.41) is 32.9. The van der Waals surface area contributed by atoms with Crippen molar-refractivity contribution in [3.8, 4) is 0 Å². The molecular weight excluding hydrogens is 364 g/mol. The van der Waals surface area contributed by atoms with Crippen LogP contribution >= 0.6 is 0 Å². The first-order valence-corrected chi connectivity index (χ1v) is 8.21. The van der Waals surface area contributed by atoms with Crippen LogP contribution in [0.1, 0.15) is 26.7 Å². The van der Waals surface area contributed by atoms with Gasteiger partial charge in [-0.1, -0.05) is 20.3 Å². The van der Waals surface area contributed by atoms with Crippen LogP contribution in [0.5, 0.6) is 0 Å². The highest BCUT2D eigenvalue weighted by Gasteiger charge is 2.29. The lowest BCUT2D eigenvalue weighted by atomic mass is 9.97. The number of nitrogens with two attached hydrogens (primary N) is 1. The van der Waals surface area contributed by atoms with Gasteiger partial charge < -0.3 is 37.0 Å². The number of nitrogens with one attached hydrogen (secondary N) is 3. The van der Waals surface area contributed by atoms with E-state index in [0.29, 0.717) is 6.42 Å². The lowest BCUT2D eigenvalue weighted by Gasteiger charge is -2.24. The Hall–Kier alpha value is -2.73. The van der Waals surface area contributed by atoms with Gasteiger partial charge in [0.05, 0.1) is 25.6 Å². The summed E-state index contributed by atoms with van der Waals surface area (Å²) in [4.78, 5) is 57.3. The second-order valence-electron chi connectivity index (χ2n) is 5.93. The van der Waals surface area contributed by atoms with E-state index in [9.17, 15) is 24.0 Å². The molecule has 27 heavy (non-hydrogen) atoms. The molecule has 0 spiro atoms. The second-order valence-corrected chi connectivity index (χ2v) is 5.93. The molecule has 0 unspecified atom stereocenters. The van der Waals surface area contributed by atoms with Crippen molar-refractivity contribution in [2.24, 2.45) is 11.7 Å². The monoisotopic (exact) mass is 390 g/mol. The Morgan fingerprint density at radius 3 is 2.07 bits per heavy atom. The number of hydrogen-bond donors (Lipinski definition) is 7. The first-order valence-electron chi connectivity index (χ1n) is 8.21. The first kappa shape index (κ1) is 24.3. The van der Waals surface area contributed by atoms with Gasteiger partial charge in [-0.3, -0.25) is 19.2 Å². The minimum absolute atomic E-state index is 0.349. The van der Waals surface area contributed by atoms with E-state index in [-0.39, 0.29) is 5.92 Å². The van der Waals surface area contributed by atoms with Gasteiger partial charge in [-0.05, 0) is 5.92 Å². The summed E-state index contributed by atoms with van der Waals surface area (Å²) in [5.74, 6) is -5.44. The summed E-state index contributed by atoms with van der Waals surface area (Å²) in [6.45, 7) is 2.04. The number of rotatable bonds is 12. The Labute approximate surface area is 155 Å². The number of aliphatic hydroxyl groups excluding tert-OH is 1. The van der Waals surface area contributed by atoms with Crippen LogP contribution in [0.4, 0.5) is 0 Å². The number of carboxylic acids is 2. The fourth-order valence-corrected chi connectivity index (χ4v) is 1.95. The van der Waals surface area contributed by atoms with Crippen molar-refractivity contribution in [3.63, 3.8) is 0 Å². The van der Waals surface area contributed by atoms with Crippen molar-refractivity contribution in [2.45, 2.75) is 44.8 Å². The Morgan fingerprint density at radius 2 is 1.63 bits per heavy atom. The lowest BCUT2D eigenvalue weighted by molar-refractivity contribution is -0.142. The van der Waals surface area contributed by atoms with E-state index >= 15 is 0 Å². The van der Waals surface area contributed by atoms with Gasteiger partial charge in [0.2, 0.25) is 17.7 Å². The molecule has 0 bridgehead atoms. The molecule has 0 rings (SSSR count). The standard InChI is InChI=1S/C15H26N4O8/c1-3-7(2)12(19-13(24)8(16)4-11(22)23)14(25)17-5-10(21)18-9(6-20)15(26)27/h7-9,12,20H,3-6,16H2,1-2H3,(H,17,25)(H,18,21)(H,19,24)(H,22,23)(H,26,27)/t7-,8-,9-,12-/m0/s1. The summed E-state index contributed by atoms with van der Waals surface area (Å²) in [6.07, 6.45) is -0.120. The topological polar surface area (TPSA) is 208 Å². The van der Waals surface area contributed by atoms with Crippen LogP contribution in [0.3, 0.4) is 0 Å². The van der Waals surface area contributed by atoms with Gasteiger partial charge in [-0.2, -0.15) is 0 Å². The fourth-order valence-electron chi connectivity index (χ4n) is 1.95. The maximum absolute atomic E-state index is 12.3. The Morgan fingerprint density at radius 1 is 1.04 bits per heavy atom. The van der Waals surface area contributed by atoms with E-state index in [1.165, 1.54) is 0 Å². The average molecular weight is 390 g/mol. The molecule has 3 amide bonds. The predicted molar refractivity (Wildman–Crippen MR) is 91.3 cm³/mol. The Kier molecular flexibility index (Phi) is 10.6. The highest BCUT2D eigenvalue weighted by atomic mass is 16.4. The molecule has 0 heterocycles. The second kappa shape index (κ2) is 11.8. The van der Waals surface area contributed by atoms with Gasteiger partial charge in [-0.25, -0.2) is 4.79 Å². The zero-order valence-corrected chi connectivity index (χ0v) is 15.1. The van der Waals surface area contributed by atoms with Crippen molar-refractivity contribution in [1.82, 2.24) is 16.0 Å². The van der Waals surface area contributed by atoms with Gasteiger partial charge in [0, 0.05) is 0 Å². The number of carboxylic acid groups (broad SMARTS) is 2. The van der Waals surface area contributed by atoms with E-state index in [1.54, 1.807) is 13.8 Å². The molecule has 0 aromatic carbocycles. The molecule has 0 aromatic rings. The van der Waals surface area contributed by atoms with Crippen molar-refractivity contribution >= 4 is 29.7 Å². The smallest absolute Gasteiger partial charge is 0.328 e. The number of carbonyl (C=O) groups excluding carboxylic acids is 3.